The maximum Gasteiger partial charge on any atom is 0.234 e. The molecule has 0 saturated carbocycles. The van der Waals surface area contributed by atoms with Gasteiger partial charge in [0.2, 0.25) is 11.1 Å². The Kier molecular flexibility index (Phi) is 6.30. The van der Waals surface area contributed by atoms with E-state index < -0.39 is 0 Å². The molecule has 134 valence electrons. The summed E-state index contributed by atoms with van der Waals surface area (Å²) in [6.07, 6.45) is 0.642. The zero-order valence-corrected chi connectivity index (χ0v) is 16.4. The molecule has 1 aromatic heterocycles. The number of nitrogens with zero attached hydrogens (tertiary/aromatic N) is 2. The van der Waals surface area contributed by atoms with Crippen molar-refractivity contribution < 1.29 is 9.53 Å². The molecule has 1 amide bonds. The number of benzene rings is 2. The van der Waals surface area contributed by atoms with Gasteiger partial charge in [-0.2, -0.15) is 0 Å². The quantitative estimate of drug-likeness (QED) is 0.553. The highest BCUT2D eigenvalue weighted by Gasteiger charge is 2.09. The number of thioether (sulfide) groups is 1. The number of carbonyl (C=O) groups is 1. The van der Waals surface area contributed by atoms with Gasteiger partial charge in [0.05, 0.1) is 12.9 Å². The first-order valence-electron chi connectivity index (χ1n) is 7.85. The van der Waals surface area contributed by atoms with Crippen LogP contribution in [0.2, 0.25) is 0 Å². The van der Waals surface area contributed by atoms with E-state index in [1.807, 2.05) is 48.5 Å². The van der Waals surface area contributed by atoms with Crippen molar-refractivity contribution in [1.82, 2.24) is 15.2 Å². The zero-order chi connectivity index (χ0) is 18.4. The summed E-state index contributed by atoms with van der Waals surface area (Å²) in [4.78, 5) is 16.4. The summed E-state index contributed by atoms with van der Waals surface area (Å²) in [6, 6.07) is 15.2. The van der Waals surface area contributed by atoms with Crippen molar-refractivity contribution in [3.63, 3.8) is 0 Å². The Morgan fingerprint density at radius 3 is 2.62 bits per heavy atom. The normalized spacial score (nSPS) is 10.5. The first-order valence-corrected chi connectivity index (χ1v) is 9.62. The van der Waals surface area contributed by atoms with Crippen LogP contribution in [-0.2, 0) is 11.2 Å². The lowest BCUT2D eigenvalue weighted by Gasteiger charge is -2.03. The standard InChI is InChI=1S/C18H17BrN4O2S/c1-25-15-8-2-12(3-9-15)10-16-21-18(23-22-16)26-11-17(24)20-14-6-4-13(19)5-7-14/h2-9H,10-11H2,1H3,(H,20,24)(H,21,22,23). The monoisotopic (exact) mass is 432 g/mol. The van der Waals surface area contributed by atoms with Crippen molar-refractivity contribution in [1.29, 1.82) is 0 Å². The fourth-order valence-corrected chi connectivity index (χ4v) is 3.10. The van der Waals surface area contributed by atoms with Gasteiger partial charge in [-0.1, -0.05) is 39.8 Å². The Morgan fingerprint density at radius 2 is 1.92 bits per heavy atom. The number of methoxy groups -OCH3 is 1. The number of hydrogen-bond donors (Lipinski definition) is 2. The Hall–Kier alpha value is -2.32. The molecule has 0 fully saturated rings. The number of H-pyrrole nitrogens is 1. The molecule has 0 aliphatic rings. The van der Waals surface area contributed by atoms with Gasteiger partial charge in [0.15, 0.2) is 0 Å². The number of ether oxygens (including phenoxy) is 1. The van der Waals surface area contributed by atoms with E-state index in [9.17, 15) is 4.79 Å². The minimum atomic E-state index is -0.0983. The Labute approximate surface area is 163 Å². The summed E-state index contributed by atoms with van der Waals surface area (Å²) in [5, 5.41) is 10.5. The summed E-state index contributed by atoms with van der Waals surface area (Å²) < 4.78 is 6.11. The van der Waals surface area contributed by atoms with Crippen LogP contribution < -0.4 is 10.1 Å². The lowest BCUT2D eigenvalue weighted by atomic mass is 10.1. The van der Waals surface area contributed by atoms with E-state index in [1.54, 1.807) is 7.11 Å². The molecule has 0 saturated heterocycles. The van der Waals surface area contributed by atoms with Crippen molar-refractivity contribution in [2.24, 2.45) is 0 Å². The number of nitrogens with one attached hydrogen (secondary N) is 2. The van der Waals surface area contributed by atoms with Gasteiger partial charge in [-0.05, 0) is 42.0 Å². The smallest absolute Gasteiger partial charge is 0.234 e. The van der Waals surface area contributed by atoms with Gasteiger partial charge in [0.25, 0.3) is 0 Å². The number of rotatable bonds is 7. The van der Waals surface area contributed by atoms with Crippen molar-refractivity contribution in [3.8, 4) is 5.75 Å². The van der Waals surface area contributed by atoms with Gasteiger partial charge in [0, 0.05) is 16.6 Å². The average Bonchev–Trinajstić information content (AvgIpc) is 3.10. The molecule has 0 bridgehead atoms. The molecule has 3 rings (SSSR count). The fraction of sp³-hybridized carbons (Fsp3) is 0.167. The van der Waals surface area contributed by atoms with Gasteiger partial charge in [0.1, 0.15) is 11.6 Å². The van der Waals surface area contributed by atoms with E-state index in [-0.39, 0.29) is 11.7 Å². The van der Waals surface area contributed by atoms with Crippen LogP contribution in [0.3, 0.4) is 0 Å². The van der Waals surface area contributed by atoms with E-state index in [1.165, 1.54) is 11.8 Å². The first-order chi connectivity index (χ1) is 12.6. The van der Waals surface area contributed by atoms with Crippen molar-refractivity contribution in [2.45, 2.75) is 11.6 Å². The molecule has 0 aliphatic carbocycles. The zero-order valence-electron chi connectivity index (χ0n) is 14.0. The summed E-state index contributed by atoms with van der Waals surface area (Å²) in [7, 11) is 1.64. The van der Waals surface area contributed by atoms with Crippen molar-refractivity contribution in [3.05, 3.63) is 64.4 Å². The number of anilines is 1. The largest absolute Gasteiger partial charge is 0.497 e. The lowest BCUT2D eigenvalue weighted by molar-refractivity contribution is -0.113. The fourth-order valence-electron chi connectivity index (χ4n) is 2.22. The number of carbonyl (C=O) groups excluding carboxylic acids is 1. The highest BCUT2D eigenvalue weighted by Crippen LogP contribution is 2.18. The third-order valence-corrected chi connectivity index (χ3v) is 4.88. The van der Waals surface area contributed by atoms with Gasteiger partial charge in [-0.3, -0.25) is 9.89 Å². The topological polar surface area (TPSA) is 79.9 Å². The van der Waals surface area contributed by atoms with Crippen LogP contribution in [-0.4, -0.2) is 34.0 Å². The van der Waals surface area contributed by atoms with Crippen LogP contribution in [0.15, 0.2) is 58.2 Å². The summed E-state index contributed by atoms with van der Waals surface area (Å²) in [5.41, 5.74) is 1.86. The number of aromatic amines is 1. The van der Waals surface area contributed by atoms with Crippen molar-refractivity contribution in [2.75, 3.05) is 18.2 Å². The molecule has 26 heavy (non-hydrogen) atoms. The van der Waals surface area contributed by atoms with Crippen LogP contribution >= 0.6 is 27.7 Å². The van der Waals surface area contributed by atoms with Crippen LogP contribution in [0.4, 0.5) is 5.69 Å². The third kappa shape index (κ3) is 5.34. The van der Waals surface area contributed by atoms with Crippen LogP contribution in [0.25, 0.3) is 0 Å². The first kappa shape index (κ1) is 18.5. The summed E-state index contributed by atoms with van der Waals surface area (Å²) in [6.45, 7) is 0. The minimum absolute atomic E-state index is 0.0983. The molecule has 1 heterocycles. The van der Waals surface area contributed by atoms with Gasteiger partial charge in [-0.15, -0.1) is 5.10 Å². The molecule has 0 atom stereocenters. The average molecular weight is 433 g/mol. The predicted molar refractivity (Wildman–Crippen MR) is 106 cm³/mol. The maximum atomic E-state index is 12.0. The number of aromatic nitrogens is 3. The van der Waals surface area contributed by atoms with Crippen LogP contribution in [0.1, 0.15) is 11.4 Å². The van der Waals surface area contributed by atoms with Gasteiger partial charge < -0.3 is 10.1 Å². The number of halogens is 1. The lowest BCUT2D eigenvalue weighted by Crippen LogP contribution is -2.13. The highest BCUT2D eigenvalue weighted by atomic mass is 79.9. The van der Waals surface area contributed by atoms with E-state index in [2.05, 4.69) is 36.4 Å². The van der Waals surface area contributed by atoms with E-state index in [0.717, 1.165) is 27.3 Å². The highest BCUT2D eigenvalue weighted by molar-refractivity contribution is 9.10. The van der Waals surface area contributed by atoms with Crippen LogP contribution in [0, 0.1) is 0 Å². The molecule has 0 aliphatic heterocycles. The SMILES string of the molecule is COc1ccc(Cc2nc(SCC(=O)Nc3ccc(Br)cc3)n[nH]2)cc1. The Bertz CT molecular complexity index is 866. The van der Waals surface area contributed by atoms with E-state index >= 15 is 0 Å². The van der Waals surface area contributed by atoms with E-state index in [0.29, 0.717) is 11.6 Å². The molecule has 2 aromatic carbocycles. The molecular weight excluding hydrogens is 416 g/mol. The molecule has 8 heteroatoms. The Morgan fingerprint density at radius 1 is 1.19 bits per heavy atom. The van der Waals surface area contributed by atoms with Crippen molar-refractivity contribution >= 4 is 39.3 Å². The molecular formula is C18H17BrN4O2S. The molecule has 3 aromatic rings. The second kappa shape index (κ2) is 8.86. The summed E-state index contributed by atoms with van der Waals surface area (Å²) in [5.74, 6) is 1.72. The van der Waals surface area contributed by atoms with Gasteiger partial charge in [-0.25, -0.2) is 4.98 Å². The second-order valence-electron chi connectivity index (χ2n) is 5.43. The summed E-state index contributed by atoms with van der Waals surface area (Å²) >= 11 is 4.66. The maximum absolute atomic E-state index is 12.0. The number of hydrogen-bond acceptors (Lipinski definition) is 5. The van der Waals surface area contributed by atoms with Crippen LogP contribution in [0.5, 0.6) is 5.75 Å². The number of amides is 1. The Balaban J connectivity index is 1.49. The molecule has 2 N–H and O–H groups in total. The molecule has 0 unspecified atom stereocenters. The second-order valence-corrected chi connectivity index (χ2v) is 7.29. The van der Waals surface area contributed by atoms with Gasteiger partial charge >= 0.3 is 0 Å². The third-order valence-electron chi connectivity index (χ3n) is 3.50. The molecule has 0 spiro atoms. The minimum Gasteiger partial charge on any atom is -0.497 e. The molecule has 6 nitrogen and oxygen atoms in total. The predicted octanol–water partition coefficient (Wildman–Crippen LogP) is 3.90. The molecule has 0 radical (unpaired) electrons. The van der Waals surface area contributed by atoms with E-state index in [4.69, 9.17) is 4.74 Å².